The normalized spacial score (nSPS) is 21.4. The number of hydrazone groups is 1. The van der Waals surface area contributed by atoms with Gasteiger partial charge in [-0.3, -0.25) is 9.79 Å². The van der Waals surface area contributed by atoms with Crippen LogP contribution in [0.15, 0.2) is 27.8 Å². The van der Waals surface area contributed by atoms with Crippen LogP contribution in [0.25, 0.3) is 0 Å². The second-order valence-electron chi connectivity index (χ2n) is 7.33. The molecule has 4 heterocycles. The van der Waals surface area contributed by atoms with Crippen molar-refractivity contribution in [1.29, 1.82) is 0 Å². The first-order valence-electron chi connectivity index (χ1n) is 9.60. The van der Waals surface area contributed by atoms with E-state index < -0.39 is 11.2 Å². The van der Waals surface area contributed by atoms with E-state index in [0.29, 0.717) is 17.0 Å². The molecule has 164 valence electrons. The molecule has 1 amide bonds. The minimum atomic E-state index is -1.68. The largest absolute Gasteiger partial charge is 0.346 e. The monoisotopic (exact) mass is 496 g/mol. The second-order valence-corrected chi connectivity index (χ2v) is 11.6. The first-order valence-corrected chi connectivity index (χ1v) is 12.5. The Hall–Kier alpha value is -1.60. The number of anilines is 1. The summed E-state index contributed by atoms with van der Waals surface area (Å²) >= 11 is 2.82. The topological polar surface area (TPSA) is 74.1 Å². The Morgan fingerprint density at radius 2 is 2.23 bits per heavy atom. The number of likely N-dealkylation sites (N-methyl/N-ethyl adjacent to an activating group) is 1. The summed E-state index contributed by atoms with van der Waals surface area (Å²) in [5, 5.41) is 5.07. The van der Waals surface area contributed by atoms with E-state index in [1.54, 1.807) is 30.1 Å². The van der Waals surface area contributed by atoms with Crippen LogP contribution in [-0.2, 0) is 22.9 Å². The molecule has 2 aliphatic rings. The van der Waals surface area contributed by atoms with Gasteiger partial charge in [-0.2, -0.15) is 5.10 Å². The van der Waals surface area contributed by atoms with Gasteiger partial charge in [-0.1, -0.05) is 24.6 Å². The molecular formula is C19H23FN6OP2S2. The predicted molar refractivity (Wildman–Crippen MR) is 132 cm³/mol. The zero-order valence-electron chi connectivity index (χ0n) is 17.3. The fourth-order valence-electron chi connectivity index (χ4n) is 3.77. The van der Waals surface area contributed by atoms with Crippen molar-refractivity contribution >= 4 is 64.8 Å². The van der Waals surface area contributed by atoms with Gasteiger partial charge < -0.3 is 4.90 Å². The van der Waals surface area contributed by atoms with Gasteiger partial charge >= 0.3 is 0 Å². The number of carbonyl (C=O) groups excluding carboxylic acids is 1. The summed E-state index contributed by atoms with van der Waals surface area (Å²) in [7, 11) is 7.95. The molecule has 0 saturated carbocycles. The molecule has 4 unspecified atom stereocenters. The van der Waals surface area contributed by atoms with Crippen LogP contribution in [0.1, 0.15) is 33.3 Å². The van der Waals surface area contributed by atoms with Crippen LogP contribution in [0, 0.1) is 0 Å². The predicted octanol–water partition coefficient (Wildman–Crippen LogP) is 3.55. The number of fused-ring (bicyclic) bond motifs is 3. The van der Waals surface area contributed by atoms with E-state index in [-0.39, 0.29) is 18.4 Å². The average Bonchev–Trinajstić information content (AvgIpc) is 3.40. The second kappa shape index (κ2) is 8.74. The van der Waals surface area contributed by atoms with Gasteiger partial charge in [0.05, 0.1) is 33.4 Å². The van der Waals surface area contributed by atoms with E-state index in [0.717, 1.165) is 21.4 Å². The maximum absolute atomic E-state index is 14.4. The standard InChI is InChI=1S/C19H23FN6OP2S2/c1-4-5-10(21-2)6-13-24-17-15(31-13)11-7-23-26(18(27)14(11)25(17)3)8-12-16(19(20,28)29)30-9-22-12/h4-5,7,9,11,14H,6,8,28-29H2,1-3H3/b5-4-,21-10+. The van der Waals surface area contributed by atoms with Gasteiger partial charge in [0.15, 0.2) is 5.15 Å². The minimum absolute atomic E-state index is 0.131. The van der Waals surface area contributed by atoms with Crippen LogP contribution in [0.4, 0.5) is 10.2 Å². The number of hydrogen-bond acceptors (Lipinski definition) is 8. The number of carbonyl (C=O) groups is 1. The first-order chi connectivity index (χ1) is 14.7. The minimum Gasteiger partial charge on any atom is -0.346 e. The Balaban J connectivity index is 1.57. The van der Waals surface area contributed by atoms with Crippen molar-refractivity contribution in [3.63, 3.8) is 0 Å². The van der Waals surface area contributed by atoms with E-state index in [1.807, 2.05) is 31.0 Å². The highest BCUT2D eigenvalue weighted by Crippen LogP contribution is 2.46. The zero-order chi connectivity index (χ0) is 22.3. The van der Waals surface area contributed by atoms with Crippen LogP contribution in [-0.4, -0.2) is 52.9 Å². The number of allylic oxidation sites excluding steroid dienone is 2. The van der Waals surface area contributed by atoms with Crippen molar-refractivity contribution in [2.24, 2.45) is 10.1 Å². The van der Waals surface area contributed by atoms with E-state index in [4.69, 9.17) is 4.98 Å². The quantitative estimate of drug-likeness (QED) is 0.453. The Bertz CT molecular complexity index is 1090. The number of nitrogens with zero attached hydrogens (tertiary/aromatic N) is 6. The summed E-state index contributed by atoms with van der Waals surface area (Å²) in [6.07, 6.45) is 6.39. The van der Waals surface area contributed by atoms with Crippen LogP contribution in [0.3, 0.4) is 0 Å². The summed E-state index contributed by atoms with van der Waals surface area (Å²) in [5.41, 5.74) is 3.05. The van der Waals surface area contributed by atoms with Gasteiger partial charge in [0, 0.05) is 32.4 Å². The highest BCUT2D eigenvalue weighted by molar-refractivity contribution is 7.39. The van der Waals surface area contributed by atoms with Gasteiger partial charge in [-0.05, 0) is 13.0 Å². The highest BCUT2D eigenvalue weighted by Gasteiger charge is 2.47. The molecule has 2 aromatic rings. The third-order valence-electron chi connectivity index (χ3n) is 5.21. The Morgan fingerprint density at radius 3 is 2.90 bits per heavy atom. The van der Waals surface area contributed by atoms with Crippen LogP contribution in [0.5, 0.6) is 0 Å². The fourth-order valence-corrected chi connectivity index (χ4v) is 6.45. The number of hydrogen-bond donors (Lipinski definition) is 0. The summed E-state index contributed by atoms with van der Waals surface area (Å²) < 4.78 is 14.4. The van der Waals surface area contributed by atoms with Gasteiger partial charge in [-0.25, -0.2) is 19.4 Å². The molecule has 7 nitrogen and oxygen atoms in total. The summed E-state index contributed by atoms with van der Waals surface area (Å²) in [4.78, 5) is 30.0. The molecule has 2 aliphatic heterocycles. The molecule has 2 aromatic heterocycles. The van der Waals surface area contributed by atoms with Crippen molar-refractivity contribution in [2.45, 2.75) is 37.0 Å². The van der Waals surface area contributed by atoms with E-state index >= 15 is 0 Å². The van der Waals surface area contributed by atoms with Crippen molar-refractivity contribution < 1.29 is 9.18 Å². The smallest absolute Gasteiger partial charge is 0.266 e. The molecule has 4 rings (SSSR count). The molecule has 0 radical (unpaired) electrons. The van der Waals surface area contributed by atoms with Gasteiger partial charge in [0.1, 0.15) is 16.9 Å². The molecule has 0 bridgehead atoms. The van der Waals surface area contributed by atoms with Gasteiger partial charge in [0.25, 0.3) is 5.91 Å². The lowest BCUT2D eigenvalue weighted by Crippen LogP contribution is -2.49. The molecule has 0 aromatic carbocycles. The maximum Gasteiger partial charge on any atom is 0.266 e. The third kappa shape index (κ3) is 4.23. The Labute approximate surface area is 193 Å². The molecule has 0 N–H and O–H groups in total. The van der Waals surface area contributed by atoms with Gasteiger partial charge in [0.2, 0.25) is 0 Å². The summed E-state index contributed by atoms with van der Waals surface area (Å²) in [6.45, 7) is 2.09. The fraction of sp³-hybridized carbons (Fsp3) is 0.421. The van der Waals surface area contributed by atoms with Crippen molar-refractivity contribution in [3.05, 3.63) is 38.1 Å². The average molecular weight is 497 g/mol. The number of rotatable bonds is 6. The number of halogens is 1. The molecule has 0 aliphatic carbocycles. The van der Waals surface area contributed by atoms with Crippen LogP contribution in [0.2, 0.25) is 0 Å². The zero-order valence-corrected chi connectivity index (χ0v) is 21.3. The molecule has 0 saturated heterocycles. The molecule has 31 heavy (non-hydrogen) atoms. The summed E-state index contributed by atoms with van der Waals surface area (Å²) in [5.74, 6) is 0.541. The van der Waals surface area contributed by atoms with Crippen molar-refractivity contribution in [2.75, 3.05) is 19.0 Å². The number of aromatic nitrogens is 2. The number of amides is 1. The summed E-state index contributed by atoms with van der Waals surface area (Å²) in [6, 6.07) is -0.403. The van der Waals surface area contributed by atoms with E-state index in [2.05, 4.69) is 33.6 Å². The molecule has 0 fully saturated rings. The van der Waals surface area contributed by atoms with Gasteiger partial charge in [-0.15, -0.1) is 22.7 Å². The van der Waals surface area contributed by atoms with Crippen molar-refractivity contribution in [3.8, 4) is 0 Å². The Kier molecular flexibility index (Phi) is 6.37. The lowest BCUT2D eigenvalue weighted by atomic mass is 10.0. The van der Waals surface area contributed by atoms with Crippen LogP contribution < -0.4 is 4.90 Å². The van der Waals surface area contributed by atoms with E-state index in [1.165, 1.54) is 16.3 Å². The lowest BCUT2D eigenvalue weighted by molar-refractivity contribution is -0.134. The molecule has 12 heteroatoms. The first kappa shape index (κ1) is 22.6. The molecule has 4 atom stereocenters. The van der Waals surface area contributed by atoms with E-state index in [9.17, 15) is 9.18 Å². The van der Waals surface area contributed by atoms with Crippen molar-refractivity contribution in [1.82, 2.24) is 15.0 Å². The number of thiazole rings is 2. The third-order valence-corrected chi connectivity index (χ3v) is 8.35. The SMILES string of the molecule is C/C=C\C(Cc1nc2c(s1)C1C=NN(Cc3ncsc3C(F)(P)P)C(=O)C1N2C)=N/C. The van der Waals surface area contributed by atoms with Crippen LogP contribution >= 0.6 is 41.2 Å². The maximum atomic E-state index is 14.4. The highest BCUT2D eigenvalue weighted by atomic mass is 32.1. The lowest BCUT2D eigenvalue weighted by Gasteiger charge is -2.31. The molecular weight excluding hydrogens is 473 g/mol. The Morgan fingerprint density at radius 1 is 1.45 bits per heavy atom. The molecule has 0 spiro atoms. The number of alkyl halides is 1. The number of aliphatic imine (C=N–C) groups is 1.